The fraction of sp³-hybridized carbons (Fsp3) is 0.389. The summed E-state index contributed by atoms with van der Waals surface area (Å²) < 4.78 is 165. The molecule has 2 aliphatic heterocycles. The summed E-state index contributed by atoms with van der Waals surface area (Å²) in [5.74, 6) is 0. The molecule has 4 nitrogen and oxygen atoms in total. The van der Waals surface area contributed by atoms with Crippen LogP contribution in [-0.2, 0) is 50.9 Å². The van der Waals surface area contributed by atoms with E-state index in [-0.39, 0.29) is 49.4 Å². The first kappa shape index (κ1) is 43.0. The molecule has 4 heterocycles. The Balaban J connectivity index is 0.00000187. The van der Waals surface area contributed by atoms with E-state index in [1.54, 1.807) is 0 Å². The quantitative estimate of drug-likeness (QED) is 0.137. The van der Waals surface area contributed by atoms with Crippen LogP contribution in [0.25, 0.3) is 22.3 Å². The number of nitrogens with zero attached hydrogens (tertiary/aromatic N) is 4. The summed E-state index contributed by atoms with van der Waals surface area (Å²) in [6, 6.07) is 9.08. The molecule has 0 bridgehead atoms. The average Bonchev–Trinajstić information content (AvgIpc) is 3.76. The van der Waals surface area contributed by atoms with E-state index < -0.39 is 58.1 Å². The number of pyridine rings is 2. The normalized spacial score (nSPS) is 18.7. The summed E-state index contributed by atoms with van der Waals surface area (Å²) in [5, 5.41) is 0. The molecular formula is C36H30Cl2F12MnN4. The molecule has 4 aromatic rings. The maximum absolute atomic E-state index is 13.7. The fourth-order valence-corrected chi connectivity index (χ4v) is 7.39. The molecule has 0 aliphatic carbocycles. The van der Waals surface area contributed by atoms with Crippen LogP contribution in [-0.4, -0.2) is 44.9 Å². The van der Waals surface area contributed by atoms with Gasteiger partial charge in [-0.25, -0.2) is 0 Å². The third-order valence-electron chi connectivity index (χ3n) is 9.58. The molecule has 55 heavy (non-hydrogen) atoms. The van der Waals surface area contributed by atoms with Crippen LogP contribution >= 0.6 is 20.2 Å². The van der Waals surface area contributed by atoms with Gasteiger partial charge in [0.25, 0.3) is 0 Å². The van der Waals surface area contributed by atoms with Crippen LogP contribution in [0.15, 0.2) is 73.1 Å². The second kappa shape index (κ2) is 17.2. The molecule has 2 atom stereocenters. The standard InChI is InChI=1S/C36H30F12N4.2ClH.Mn/c37-33(38,39)25-5-1-6-26(34(40,41)42)31(25)21-11-13-23(49-17-21)19-51-15-3-9-29(51)30-10-4-16-52(30)20-24-14-12-22(18-50-24)32-27(35(43,44)45)7-2-8-28(32)36(46,47)48;;;/h1-2,5-8,11-14,17-18,29-30H,3-4,9-10,15-16,19-20H2;2*1H;/q;;;+2/p-2/t29-,30-;;;/m1.../s1. The predicted molar refractivity (Wildman–Crippen MR) is 178 cm³/mol. The van der Waals surface area contributed by atoms with Gasteiger partial charge in [-0.1, -0.05) is 24.3 Å². The van der Waals surface area contributed by atoms with Gasteiger partial charge in [-0.05, 0) is 75.2 Å². The second-order valence-corrected chi connectivity index (χ2v) is 14.9. The van der Waals surface area contributed by atoms with Crippen molar-refractivity contribution in [1.82, 2.24) is 19.8 Å². The van der Waals surface area contributed by atoms with Crippen LogP contribution in [0.3, 0.4) is 0 Å². The SMILES string of the molecule is FC(F)(F)c1cccc(C(F)(F)F)c1-c1ccc(CN2CCC[C@@H]2[C@H]2CCCN2Cc2ccc(-c3c(C(F)(F)F)cccc3C(F)(F)F)cn2)nc1.[Cl][Mn][Cl]. The monoisotopic (exact) mass is 871 g/mol. The van der Waals surface area contributed by atoms with E-state index in [1.807, 2.05) is 0 Å². The van der Waals surface area contributed by atoms with Crippen LogP contribution in [0.4, 0.5) is 52.7 Å². The van der Waals surface area contributed by atoms with E-state index in [1.165, 1.54) is 24.3 Å². The number of hydrogen-bond acceptors (Lipinski definition) is 4. The Hall–Kier alpha value is -3.08. The van der Waals surface area contributed by atoms with Crippen LogP contribution in [0.2, 0.25) is 0 Å². The maximum atomic E-state index is 13.7. The molecule has 2 fully saturated rings. The van der Waals surface area contributed by atoms with Gasteiger partial charge < -0.3 is 0 Å². The summed E-state index contributed by atoms with van der Waals surface area (Å²) in [5.41, 5.74) is -7.39. The van der Waals surface area contributed by atoms with Crippen molar-refractivity contribution in [2.24, 2.45) is 0 Å². The molecule has 0 radical (unpaired) electrons. The molecule has 0 unspecified atom stereocenters. The number of hydrogen-bond donors (Lipinski definition) is 0. The third-order valence-corrected chi connectivity index (χ3v) is 9.58. The Morgan fingerprint density at radius 1 is 0.527 bits per heavy atom. The molecule has 0 spiro atoms. The van der Waals surface area contributed by atoms with Gasteiger partial charge in [0, 0.05) is 59.8 Å². The van der Waals surface area contributed by atoms with E-state index in [0.29, 0.717) is 60.9 Å². The molecule has 2 saturated heterocycles. The first-order chi connectivity index (χ1) is 25.7. The van der Waals surface area contributed by atoms with Gasteiger partial charge in [-0.2, -0.15) is 52.7 Å². The van der Waals surface area contributed by atoms with Gasteiger partial charge in [-0.15, -0.1) is 0 Å². The molecule has 0 amide bonds. The summed E-state index contributed by atoms with van der Waals surface area (Å²) in [6.07, 6.45) is -14.8. The van der Waals surface area contributed by atoms with Crippen molar-refractivity contribution in [2.45, 2.75) is 75.6 Å². The van der Waals surface area contributed by atoms with E-state index in [9.17, 15) is 52.7 Å². The van der Waals surface area contributed by atoms with E-state index in [2.05, 4.69) is 19.8 Å². The zero-order valence-electron chi connectivity index (χ0n) is 28.2. The zero-order chi connectivity index (χ0) is 40.3. The molecule has 299 valence electrons. The third kappa shape index (κ3) is 10.3. The van der Waals surface area contributed by atoms with Crippen molar-refractivity contribution in [3.63, 3.8) is 0 Å². The molecule has 2 aliphatic rings. The number of alkyl halides is 12. The van der Waals surface area contributed by atoms with Gasteiger partial charge in [0.1, 0.15) is 0 Å². The van der Waals surface area contributed by atoms with Gasteiger partial charge in [-0.3, -0.25) is 19.8 Å². The molecular weight excluding hydrogens is 842 g/mol. The number of aromatic nitrogens is 2. The zero-order valence-corrected chi connectivity index (χ0v) is 30.9. The van der Waals surface area contributed by atoms with E-state index >= 15 is 0 Å². The average molecular weight is 872 g/mol. The van der Waals surface area contributed by atoms with Crippen LogP contribution in [0.1, 0.15) is 59.3 Å². The van der Waals surface area contributed by atoms with E-state index in [0.717, 1.165) is 38.1 Å². The molecule has 6 rings (SSSR count). The number of likely N-dealkylation sites (tertiary alicyclic amines) is 2. The number of halogens is 14. The summed E-state index contributed by atoms with van der Waals surface area (Å²) >= 11 is 0.00694. The van der Waals surface area contributed by atoms with Crippen molar-refractivity contribution < 1.29 is 65.8 Å². The second-order valence-electron chi connectivity index (χ2n) is 12.9. The minimum absolute atomic E-state index is 0.00694. The predicted octanol–water partition coefficient (Wildman–Crippen LogP) is 11.9. The molecule has 0 N–H and O–H groups in total. The van der Waals surface area contributed by atoms with Gasteiger partial charge in [0.05, 0.1) is 33.6 Å². The topological polar surface area (TPSA) is 32.3 Å². The minimum atomic E-state index is -5.03. The summed E-state index contributed by atoms with van der Waals surface area (Å²) in [4.78, 5) is 12.8. The Morgan fingerprint density at radius 3 is 1.09 bits per heavy atom. The van der Waals surface area contributed by atoms with Crippen molar-refractivity contribution in [3.8, 4) is 22.3 Å². The van der Waals surface area contributed by atoms with E-state index in [4.69, 9.17) is 20.2 Å². The molecule has 19 heteroatoms. The first-order valence-electron chi connectivity index (χ1n) is 16.5. The van der Waals surface area contributed by atoms with Crippen molar-refractivity contribution in [3.05, 3.63) is 107 Å². The fourth-order valence-electron chi connectivity index (χ4n) is 7.39. The number of rotatable bonds is 7. The van der Waals surface area contributed by atoms with Gasteiger partial charge in [0.15, 0.2) is 0 Å². The summed E-state index contributed by atoms with van der Waals surface area (Å²) in [7, 11) is 9.59. The Kier molecular flexibility index (Phi) is 13.5. The van der Waals surface area contributed by atoms with Crippen molar-refractivity contribution >= 4 is 20.2 Å². The Bertz CT molecular complexity index is 1700. The van der Waals surface area contributed by atoms with Crippen molar-refractivity contribution in [1.29, 1.82) is 0 Å². The van der Waals surface area contributed by atoms with Crippen molar-refractivity contribution in [2.75, 3.05) is 13.1 Å². The molecule has 0 saturated carbocycles. The van der Waals surface area contributed by atoms with Crippen LogP contribution < -0.4 is 0 Å². The first-order valence-corrected chi connectivity index (χ1v) is 19.8. The van der Waals surface area contributed by atoms with Gasteiger partial charge in [0.2, 0.25) is 0 Å². The Labute approximate surface area is 322 Å². The van der Waals surface area contributed by atoms with Gasteiger partial charge >= 0.3 is 58.0 Å². The summed E-state index contributed by atoms with van der Waals surface area (Å²) in [6.45, 7) is 1.91. The van der Waals surface area contributed by atoms with Crippen LogP contribution in [0.5, 0.6) is 0 Å². The molecule has 2 aromatic carbocycles. The number of benzene rings is 2. The van der Waals surface area contributed by atoms with Crippen LogP contribution in [0, 0.1) is 0 Å². The Morgan fingerprint density at radius 2 is 0.836 bits per heavy atom. The molecule has 2 aromatic heterocycles.